The Labute approximate surface area is 144 Å². The topological polar surface area (TPSA) is 54.4 Å². The summed E-state index contributed by atoms with van der Waals surface area (Å²) in [6.45, 7) is 6.17. The lowest BCUT2D eigenvalue weighted by atomic mass is 9.47. The molecule has 4 aliphatic carbocycles. The Morgan fingerprint density at radius 3 is 2.75 bits per heavy atom. The highest BCUT2D eigenvalue weighted by Gasteiger charge is 2.61. The van der Waals surface area contributed by atoms with Crippen LogP contribution in [0.1, 0.15) is 52.9 Å². The van der Waals surface area contributed by atoms with E-state index in [0.717, 1.165) is 24.8 Å². The first-order valence-electron chi connectivity index (χ1n) is 9.39. The maximum absolute atomic E-state index is 12.2. The Morgan fingerprint density at radius 2 is 2.04 bits per heavy atom. The van der Waals surface area contributed by atoms with Gasteiger partial charge in [0.05, 0.1) is 6.10 Å². The van der Waals surface area contributed by atoms with Crippen LogP contribution in [0.3, 0.4) is 0 Å². The summed E-state index contributed by atoms with van der Waals surface area (Å²) >= 11 is 0. The highest BCUT2D eigenvalue weighted by Crippen LogP contribution is 2.65. The van der Waals surface area contributed by atoms with E-state index in [4.69, 9.17) is 0 Å². The quantitative estimate of drug-likeness (QED) is 0.802. The van der Waals surface area contributed by atoms with Crippen LogP contribution in [0.2, 0.25) is 0 Å². The van der Waals surface area contributed by atoms with Crippen LogP contribution in [0.15, 0.2) is 23.8 Å². The van der Waals surface area contributed by atoms with Crippen molar-refractivity contribution in [2.45, 2.75) is 59.0 Å². The average Bonchev–Trinajstić information content (AvgIpc) is 2.84. The number of ketones is 2. The first-order chi connectivity index (χ1) is 11.3. The summed E-state index contributed by atoms with van der Waals surface area (Å²) in [5.74, 6) is 1.53. The summed E-state index contributed by atoms with van der Waals surface area (Å²) in [5, 5.41) is 11.1. The molecule has 0 amide bonds. The number of aliphatic hydroxyl groups is 1. The minimum absolute atomic E-state index is 0.0845. The molecule has 3 nitrogen and oxygen atoms in total. The van der Waals surface area contributed by atoms with Gasteiger partial charge in [-0.2, -0.15) is 0 Å². The minimum Gasteiger partial charge on any atom is -0.393 e. The molecule has 1 N–H and O–H groups in total. The maximum Gasteiger partial charge on any atom is 0.156 e. The van der Waals surface area contributed by atoms with Gasteiger partial charge in [-0.3, -0.25) is 9.59 Å². The molecule has 4 rings (SSSR count). The zero-order valence-electron chi connectivity index (χ0n) is 14.9. The first-order valence-corrected chi connectivity index (χ1v) is 9.39. The molecular weight excluding hydrogens is 300 g/mol. The van der Waals surface area contributed by atoms with Gasteiger partial charge >= 0.3 is 0 Å². The summed E-state index contributed by atoms with van der Waals surface area (Å²) in [6, 6.07) is 0. The van der Waals surface area contributed by atoms with Crippen LogP contribution in [0.4, 0.5) is 0 Å². The van der Waals surface area contributed by atoms with Crippen molar-refractivity contribution in [3.63, 3.8) is 0 Å². The minimum atomic E-state index is -0.400. The summed E-state index contributed by atoms with van der Waals surface area (Å²) in [5.41, 5.74) is 0.907. The Morgan fingerprint density at radius 1 is 1.29 bits per heavy atom. The fraction of sp³-hybridized carbons (Fsp3) is 0.714. The van der Waals surface area contributed by atoms with Gasteiger partial charge in [-0.1, -0.05) is 26.0 Å². The molecule has 4 aliphatic rings. The van der Waals surface area contributed by atoms with E-state index in [-0.39, 0.29) is 34.2 Å². The summed E-state index contributed by atoms with van der Waals surface area (Å²) in [6.07, 6.45) is 9.94. The number of aliphatic hydroxyl groups excluding tert-OH is 1. The molecule has 3 heteroatoms. The van der Waals surface area contributed by atoms with E-state index in [9.17, 15) is 14.7 Å². The van der Waals surface area contributed by atoms with Crippen LogP contribution in [-0.4, -0.2) is 22.8 Å². The number of allylic oxidation sites excluding steroid dienone is 4. The largest absolute Gasteiger partial charge is 0.393 e. The van der Waals surface area contributed by atoms with Crippen molar-refractivity contribution in [1.29, 1.82) is 0 Å². The van der Waals surface area contributed by atoms with Crippen molar-refractivity contribution >= 4 is 11.6 Å². The van der Waals surface area contributed by atoms with E-state index in [1.54, 1.807) is 13.0 Å². The standard InChI is InChI=1S/C21H28O3/c1-12(22)16-6-7-17-15-5-4-13-10-14(23)8-9-20(13,2)19(15)18(24)11-21(16,17)3/h4-5,10,15-19,24H,6-9,11H2,1-3H3/t15-,16+,17-,18+,19+,20-,21+/m0/s1. The number of carbonyl (C=O) groups excluding carboxylic acids is 2. The second kappa shape index (κ2) is 5.14. The predicted octanol–water partition coefficient (Wildman–Crippen LogP) is 3.47. The van der Waals surface area contributed by atoms with E-state index in [0.29, 0.717) is 24.7 Å². The van der Waals surface area contributed by atoms with Crippen LogP contribution in [0.5, 0.6) is 0 Å². The predicted molar refractivity (Wildman–Crippen MR) is 92.2 cm³/mol. The molecule has 2 saturated carbocycles. The van der Waals surface area contributed by atoms with Crippen molar-refractivity contribution < 1.29 is 14.7 Å². The molecule has 0 aromatic carbocycles. The van der Waals surface area contributed by atoms with Gasteiger partial charge in [-0.15, -0.1) is 0 Å². The number of fused-ring (bicyclic) bond motifs is 5. The highest BCUT2D eigenvalue weighted by atomic mass is 16.3. The molecule has 0 saturated heterocycles. The maximum atomic E-state index is 12.2. The van der Waals surface area contributed by atoms with Crippen LogP contribution >= 0.6 is 0 Å². The second-order valence-electron chi connectivity index (χ2n) is 9.07. The molecular formula is C21H28O3. The highest BCUT2D eigenvalue weighted by molar-refractivity contribution is 5.92. The number of hydrogen-bond acceptors (Lipinski definition) is 3. The third kappa shape index (κ3) is 2.00. The fourth-order valence-electron chi connectivity index (χ4n) is 6.80. The van der Waals surface area contributed by atoms with Crippen molar-refractivity contribution in [1.82, 2.24) is 0 Å². The number of hydrogen-bond donors (Lipinski definition) is 1. The van der Waals surface area contributed by atoms with E-state index in [2.05, 4.69) is 26.0 Å². The second-order valence-corrected chi connectivity index (χ2v) is 9.07. The van der Waals surface area contributed by atoms with Crippen LogP contribution in [0, 0.1) is 34.5 Å². The lowest BCUT2D eigenvalue weighted by molar-refractivity contribution is -0.134. The van der Waals surface area contributed by atoms with Crippen LogP contribution in [-0.2, 0) is 9.59 Å². The van der Waals surface area contributed by atoms with Crippen LogP contribution < -0.4 is 0 Å². The Hall–Kier alpha value is -1.22. The molecule has 0 heterocycles. The molecule has 0 aromatic heterocycles. The molecule has 7 atom stereocenters. The molecule has 2 fully saturated rings. The summed E-state index contributed by atoms with van der Waals surface area (Å²) < 4.78 is 0. The molecule has 0 aliphatic heterocycles. The molecule has 0 aromatic rings. The summed E-state index contributed by atoms with van der Waals surface area (Å²) in [4.78, 5) is 24.0. The van der Waals surface area contributed by atoms with Crippen LogP contribution in [0.25, 0.3) is 0 Å². The average molecular weight is 328 g/mol. The smallest absolute Gasteiger partial charge is 0.156 e. The SMILES string of the molecule is CC(=O)[C@H]1CC[C@H]2[C@@H]3C=CC4=CC(=O)CC[C@]4(C)[C@H]3[C@H](O)C[C@]12C. The van der Waals surface area contributed by atoms with Gasteiger partial charge in [0, 0.05) is 18.3 Å². The number of Topliss-reactive ketones (excluding diaryl/α,β-unsaturated/α-hetero) is 1. The molecule has 130 valence electrons. The summed E-state index contributed by atoms with van der Waals surface area (Å²) in [7, 11) is 0. The van der Waals surface area contributed by atoms with Crippen molar-refractivity contribution in [2.24, 2.45) is 34.5 Å². The lowest BCUT2D eigenvalue weighted by Gasteiger charge is -2.57. The lowest BCUT2D eigenvalue weighted by Crippen LogP contribution is -2.55. The zero-order chi connectivity index (χ0) is 17.3. The van der Waals surface area contributed by atoms with E-state index in [1.165, 1.54) is 0 Å². The monoisotopic (exact) mass is 328 g/mol. The van der Waals surface area contributed by atoms with E-state index >= 15 is 0 Å². The molecule has 24 heavy (non-hydrogen) atoms. The van der Waals surface area contributed by atoms with Gasteiger partial charge in [-0.05, 0) is 66.9 Å². The molecule has 0 radical (unpaired) electrons. The third-order valence-electron chi connectivity index (χ3n) is 7.94. The van der Waals surface area contributed by atoms with Gasteiger partial charge in [0.2, 0.25) is 0 Å². The Balaban J connectivity index is 1.78. The molecule has 0 unspecified atom stereocenters. The normalized spacial score (nSPS) is 49.9. The van der Waals surface area contributed by atoms with E-state index < -0.39 is 6.10 Å². The Kier molecular flexibility index (Phi) is 3.48. The van der Waals surface area contributed by atoms with Crippen molar-refractivity contribution in [3.05, 3.63) is 23.8 Å². The van der Waals surface area contributed by atoms with Crippen molar-refractivity contribution in [2.75, 3.05) is 0 Å². The number of rotatable bonds is 1. The van der Waals surface area contributed by atoms with E-state index in [1.807, 2.05) is 0 Å². The molecule has 0 bridgehead atoms. The first kappa shape index (κ1) is 16.3. The molecule has 0 spiro atoms. The number of carbonyl (C=O) groups is 2. The van der Waals surface area contributed by atoms with Crippen molar-refractivity contribution in [3.8, 4) is 0 Å². The zero-order valence-corrected chi connectivity index (χ0v) is 14.9. The van der Waals surface area contributed by atoms with Gasteiger partial charge in [-0.25, -0.2) is 0 Å². The van der Waals surface area contributed by atoms with Gasteiger partial charge in [0.25, 0.3) is 0 Å². The van der Waals surface area contributed by atoms with Gasteiger partial charge < -0.3 is 5.11 Å². The van der Waals surface area contributed by atoms with Gasteiger partial charge in [0.15, 0.2) is 5.78 Å². The third-order valence-corrected chi connectivity index (χ3v) is 7.94. The van der Waals surface area contributed by atoms with Gasteiger partial charge in [0.1, 0.15) is 5.78 Å². The fourth-order valence-corrected chi connectivity index (χ4v) is 6.80. The Bertz CT molecular complexity index is 660.